The van der Waals surface area contributed by atoms with E-state index >= 15 is 0 Å². The van der Waals surface area contributed by atoms with Crippen LogP contribution in [-0.2, 0) is 4.74 Å². The van der Waals surface area contributed by atoms with Crippen molar-refractivity contribution in [3.05, 3.63) is 35.4 Å². The van der Waals surface area contributed by atoms with E-state index in [-0.39, 0.29) is 36.7 Å². The third-order valence-electron chi connectivity index (χ3n) is 7.23. The summed E-state index contributed by atoms with van der Waals surface area (Å²) < 4.78 is 34.6. The fourth-order valence-corrected chi connectivity index (χ4v) is 5.53. The molecule has 1 saturated carbocycles. The number of carbonyl (C=O) groups excluding carboxylic acids is 1. The lowest BCUT2D eigenvalue weighted by molar-refractivity contribution is -0.0106. The van der Waals surface area contributed by atoms with Crippen LogP contribution in [0.3, 0.4) is 0 Å². The molecule has 3 rings (SSSR count). The van der Waals surface area contributed by atoms with Crippen LogP contribution in [0.1, 0.15) is 63.0 Å². The molecule has 1 aliphatic carbocycles. The molecule has 10 heteroatoms. The normalized spacial score (nSPS) is 20.5. The molecule has 1 aromatic rings. The second kappa shape index (κ2) is 14.3. The van der Waals surface area contributed by atoms with Crippen LogP contribution in [-0.4, -0.2) is 68.0 Å². The number of nitrogens with one attached hydrogen (secondary N) is 3. The van der Waals surface area contributed by atoms with Crippen molar-refractivity contribution in [2.75, 3.05) is 39.8 Å². The van der Waals surface area contributed by atoms with Gasteiger partial charge in [0.1, 0.15) is 11.6 Å². The number of hydrogen-bond donors (Lipinski definition) is 4. The molecule has 36 heavy (non-hydrogen) atoms. The van der Waals surface area contributed by atoms with E-state index in [1.54, 1.807) is 4.90 Å². The molecule has 0 radical (unpaired) electrons. The van der Waals surface area contributed by atoms with E-state index in [2.05, 4.69) is 16.0 Å². The quantitative estimate of drug-likeness (QED) is 0.333. The van der Waals surface area contributed by atoms with Crippen molar-refractivity contribution >= 4 is 12.1 Å². The van der Waals surface area contributed by atoms with Crippen LogP contribution in [0.5, 0.6) is 0 Å². The van der Waals surface area contributed by atoms with Crippen LogP contribution < -0.4 is 16.0 Å². The standard InChI is InChI=1S/C26H40F2N4O4/c1-29-16-21(14-18-6-3-2-4-7-18)31-25(33)32-12-5-8-19(17-32)24(36-13-11-30-26(34)35)22-15-20(27)9-10-23(22)28/h9-10,15,18-19,21,24,29-30H,2-8,11-14,16-17H2,1H3,(H,31,33)(H,34,35). The number of carbonyl (C=O) groups is 2. The third-order valence-corrected chi connectivity index (χ3v) is 7.23. The monoisotopic (exact) mass is 510 g/mol. The average molecular weight is 511 g/mol. The lowest BCUT2D eigenvalue weighted by Crippen LogP contribution is -2.52. The Balaban J connectivity index is 1.66. The molecule has 1 heterocycles. The number of hydrogen-bond acceptors (Lipinski definition) is 4. The van der Waals surface area contributed by atoms with Gasteiger partial charge in [-0.15, -0.1) is 0 Å². The van der Waals surface area contributed by atoms with Crippen LogP contribution in [0.4, 0.5) is 18.4 Å². The first-order chi connectivity index (χ1) is 17.4. The Hall–Kier alpha value is -2.46. The number of halogens is 2. The minimum absolute atomic E-state index is 0.00124. The van der Waals surface area contributed by atoms with Crippen LogP contribution in [0.2, 0.25) is 0 Å². The highest BCUT2D eigenvalue weighted by Crippen LogP contribution is 2.35. The van der Waals surface area contributed by atoms with Gasteiger partial charge in [-0.25, -0.2) is 18.4 Å². The molecule has 0 bridgehead atoms. The second-order valence-electron chi connectivity index (χ2n) is 9.98. The first kappa shape index (κ1) is 28.1. The summed E-state index contributed by atoms with van der Waals surface area (Å²) in [5, 5.41) is 17.4. The minimum atomic E-state index is -1.18. The molecule has 3 unspecified atom stereocenters. The van der Waals surface area contributed by atoms with Gasteiger partial charge in [-0.05, 0) is 50.4 Å². The molecule has 0 spiro atoms. The van der Waals surface area contributed by atoms with Gasteiger partial charge in [0.2, 0.25) is 0 Å². The largest absolute Gasteiger partial charge is 0.465 e. The van der Waals surface area contributed by atoms with Crippen LogP contribution in [0.25, 0.3) is 0 Å². The van der Waals surface area contributed by atoms with Crippen LogP contribution >= 0.6 is 0 Å². The topological polar surface area (TPSA) is 103 Å². The minimum Gasteiger partial charge on any atom is -0.465 e. The maximum Gasteiger partial charge on any atom is 0.404 e. The van der Waals surface area contributed by atoms with Gasteiger partial charge in [0.05, 0.1) is 12.7 Å². The van der Waals surface area contributed by atoms with Crippen molar-refractivity contribution in [2.24, 2.45) is 11.8 Å². The van der Waals surface area contributed by atoms with E-state index in [4.69, 9.17) is 9.84 Å². The fourth-order valence-electron chi connectivity index (χ4n) is 5.53. The number of likely N-dealkylation sites (tertiary alicyclic amines) is 1. The maximum atomic E-state index is 14.7. The Labute approximate surface area is 212 Å². The SMILES string of the molecule is CNCC(CC1CCCCC1)NC(=O)N1CCCC(C(OCCNC(=O)O)c2cc(F)ccc2F)C1. The highest BCUT2D eigenvalue weighted by atomic mass is 19.1. The molecule has 1 aromatic carbocycles. The number of urea groups is 1. The zero-order valence-corrected chi connectivity index (χ0v) is 21.1. The molecule has 4 N–H and O–H groups in total. The first-order valence-electron chi connectivity index (χ1n) is 13.1. The molecule has 3 amide bonds. The molecule has 0 aromatic heterocycles. The highest BCUT2D eigenvalue weighted by molar-refractivity contribution is 5.74. The summed E-state index contributed by atoms with van der Waals surface area (Å²) >= 11 is 0. The fraction of sp³-hybridized carbons (Fsp3) is 0.692. The first-order valence-corrected chi connectivity index (χ1v) is 13.1. The van der Waals surface area contributed by atoms with E-state index in [1.165, 1.54) is 32.1 Å². The summed E-state index contributed by atoms with van der Waals surface area (Å²) in [5.74, 6) is -0.797. The highest BCUT2D eigenvalue weighted by Gasteiger charge is 2.33. The molecule has 2 fully saturated rings. The number of nitrogens with zero attached hydrogens (tertiary/aromatic N) is 1. The van der Waals surface area contributed by atoms with Gasteiger partial charge < -0.3 is 30.7 Å². The summed E-state index contributed by atoms with van der Waals surface area (Å²) in [7, 11) is 1.88. The number of piperidine rings is 1. The Kier molecular flexibility index (Phi) is 11.2. The van der Waals surface area contributed by atoms with E-state index in [9.17, 15) is 18.4 Å². The lowest BCUT2D eigenvalue weighted by Gasteiger charge is -2.38. The Morgan fingerprint density at radius 1 is 1.17 bits per heavy atom. The molecule has 3 atom stereocenters. The van der Waals surface area contributed by atoms with Gasteiger partial charge in [0.15, 0.2) is 0 Å². The van der Waals surface area contributed by atoms with Gasteiger partial charge >= 0.3 is 12.1 Å². The van der Waals surface area contributed by atoms with Crippen molar-refractivity contribution in [3.8, 4) is 0 Å². The van der Waals surface area contributed by atoms with Crippen molar-refractivity contribution in [1.29, 1.82) is 0 Å². The van der Waals surface area contributed by atoms with E-state index in [0.29, 0.717) is 38.4 Å². The molecular weight excluding hydrogens is 470 g/mol. The predicted molar refractivity (Wildman–Crippen MR) is 133 cm³/mol. The average Bonchev–Trinajstić information content (AvgIpc) is 2.86. The molecule has 8 nitrogen and oxygen atoms in total. The molecular formula is C26H40F2N4O4. The summed E-state index contributed by atoms with van der Waals surface area (Å²) in [5.41, 5.74) is 0.0861. The smallest absolute Gasteiger partial charge is 0.404 e. The number of benzene rings is 1. The predicted octanol–water partition coefficient (Wildman–Crippen LogP) is 4.27. The van der Waals surface area contributed by atoms with Crippen LogP contribution in [0, 0.1) is 23.5 Å². The number of likely N-dealkylation sites (N-methyl/N-ethyl adjacent to an activating group) is 1. The van der Waals surface area contributed by atoms with Gasteiger partial charge in [-0.2, -0.15) is 0 Å². The van der Waals surface area contributed by atoms with Gasteiger partial charge in [0, 0.05) is 43.7 Å². The number of ether oxygens (including phenoxy) is 1. The number of carboxylic acid groups (broad SMARTS) is 1. The van der Waals surface area contributed by atoms with Gasteiger partial charge in [-0.1, -0.05) is 32.1 Å². The Morgan fingerprint density at radius 3 is 2.67 bits per heavy atom. The molecule has 1 saturated heterocycles. The Bertz CT molecular complexity index is 853. The molecule has 202 valence electrons. The van der Waals surface area contributed by atoms with Crippen molar-refractivity contribution in [1.82, 2.24) is 20.9 Å². The summed E-state index contributed by atoms with van der Waals surface area (Å²) in [6, 6.07) is 3.12. The van der Waals surface area contributed by atoms with E-state index < -0.39 is 23.8 Å². The van der Waals surface area contributed by atoms with Gasteiger partial charge in [0.25, 0.3) is 0 Å². The van der Waals surface area contributed by atoms with E-state index in [1.807, 2.05) is 7.05 Å². The molecule has 2 aliphatic rings. The van der Waals surface area contributed by atoms with Gasteiger partial charge in [-0.3, -0.25) is 0 Å². The lowest BCUT2D eigenvalue weighted by atomic mass is 9.85. The third kappa shape index (κ3) is 8.58. The van der Waals surface area contributed by atoms with Crippen molar-refractivity contribution < 1.29 is 28.2 Å². The summed E-state index contributed by atoms with van der Waals surface area (Å²) in [6.07, 6.45) is 6.54. The molecule has 1 aliphatic heterocycles. The maximum absolute atomic E-state index is 14.7. The summed E-state index contributed by atoms with van der Waals surface area (Å²) in [4.78, 5) is 25.7. The van der Waals surface area contributed by atoms with Crippen LogP contribution in [0.15, 0.2) is 18.2 Å². The van der Waals surface area contributed by atoms with Crippen molar-refractivity contribution in [3.63, 3.8) is 0 Å². The zero-order chi connectivity index (χ0) is 25.9. The number of rotatable bonds is 11. The van der Waals surface area contributed by atoms with Crippen molar-refractivity contribution in [2.45, 2.75) is 63.5 Å². The number of amides is 3. The zero-order valence-electron chi connectivity index (χ0n) is 21.1. The second-order valence-corrected chi connectivity index (χ2v) is 9.98. The Morgan fingerprint density at radius 2 is 1.94 bits per heavy atom. The summed E-state index contributed by atoms with van der Waals surface area (Å²) in [6.45, 7) is 1.63. The van der Waals surface area contributed by atoms with E-state index in [0.717, 1.165) is 24.6 Å².